The fourth-order valence-corrected chi connectivity index (χ4v) is 2.04. The van der Waals surface area contributed by atoms with Crippen LogP contribution in [0.1, 0.15) is 17.3 Å². The summed E-state index contributed by atoms with van der Waals surface area (Å²) in [5, 5.41) is 9.25. The molecule has 0 saturated heterocycles. The Morgan fingerprint density at radius 3 is 2.88 bits per heavy atom. The molecular formula is C12H10BrN3. The summed E-state index contributed by atoms with van der Waals surface area (Å²) in [5.74, 6) is 0.443. The molecule has 3 nitrogen and oxygen atoms in total. The second kappa shape index (κ2) is 4.50. The molecule has 0 bridgehead atoms. The topological polar surface area (TPSA) is 41.6 Å². The van der Waals surface area contributed by atoms with Crippen LogP contribution in [0.15, 0.2) is 41.1 Å². The first-order valence-corrected chi connectivity index (χ1v) is 5.64. The maximum absolute atomic E-state index is 9.25. The Hall–Kier alpha value is -1.60. The highest BCUT2D eigenvalue weighted by Gasteiger charge is 2.17. The number of hydrogen-bond acceptors (Lipinski definition) is 2. The van der Waals surface area contributed by atoms with Crippen LogP contribution in [0.4, 0.5) is 0 Å². The van der Waals surface area contributed by atoms with Gasteiger partial charge in [-0.05, 0) is 17.7 Å². The Balaban J connectivity index is 2.46. The minimum absolute atomic E-state index is 0.322. The molecule has 0 aliphatic heterocycles. The highest BCUT2D eigenvalue weighted by Crippen LogP contribution is 2.24. The van der Waals surface area contributed by atoms with Crippen LogP contribution >= 0.6 is 15.9 Å². The quantitative estimate of drug-likeness (QED) is 0.846. The van der Waals surface area contributed by atoms with Gasteiger partial charge in [-0.25, -0.2) is 4.98 Å². The zero-order valence-electron chi connectivity index (χ0n) is 8.76. The van der Waals surface area contributed by atoms with Crippen LogP contribution < -0.4 is 0 Å². The molecule has 2 aromatic rings. The summed E-state index contributed by atoms with van der Waals surface area (Å²) >= 11 is 3.40. The van der Waals surface area contributed by atoms with Gasteiger partial charge in [-0.2, -0.15) is 5.26 Å². The van der Waals surface area contributed by atoms with Crippen LogP contribution in [0, 0.1) is 11.3 Å². The maximum Gasteiger partial charge on any atom is 0.130 e. The van der Waals surface area contributed by atoms with E-state index in [0.29, 0.717) is 0 Å². The Bertz CT molecular complexity index is 539. The molecule has 0 spiro atoms. The number of imidazole rings is 1. The number of hydrogen-bond donors (Lipinski definition) is 0. The SMILES string of the molecule is Cn1ccnc1C(C#N)c1cccc(Br)c1. The lowest BCUT2D eigenvalue weighted by Crippen LogP contribution is -2.05. The Kier molecular flexibility index (Phi) is 3.07. The summed E-state index contributed by atoms with van der Waals surface area (Å²) in [6, 6.07) is 10.0. The molecule has 0 radical (unpaired) electrons. The second-order valence-electron chi connectivity index (χ2n) is 3.51. The van der Waals surface area contributed by atoms with Gasteiger partial charge in [-0.3, -0.25) is 0 Å². The van der Waals surface area contributed by atoms with E-state index in [1.54, 1.807) is 6.20 Å². The molecule has 1 aromatic heterocycles. The van der Waals surface area contributed by atoms with Gasteiger partial charge in [0.2, 0.25) is 0 Å². The highest BCUT2D eigenvalue weighted by atomic mass is 79.9. The van der Waals surface area contributed by atoms with Crippen LogP contribution in [0.2, 0.25) is 0 Å². The first-order valence-electron chi connectivity index (χ1n) is 4.84. The van der Waals surface area contributed by atoms with Gasteiger partial charge in [0.1, 0.15) is 11.7 Å². The number of rotatable bonds is 2. The number of aromatic nitrogens is 2. The monoisotopic (exact) mass is 275 g/mol. The van der Waals surface area contributed by atoms with Crippen LogP contribution in [0.3, 0.4) is 0 Å². The molecule has 80 valence electrons. The van der Waals surface area contributed by atoms with E-state index < -0.39 is 0 Å². The van der Waals surface area contributed by atoms with Gasteiger partial charge < -0.3 is 4.57 Å². The molecule has 4 heteroatoms. The zero-order valence-corrected chi connectivity index (χ0v) is 10.3. The van der Waals surface area contributed by atoms with E-state index in [1.807, 2.05) is 42.1 Å². The zero-order chi connectivity index (χ0) is 11.5. The summed E-state index contributed by atoms with van der Waals surface area (Å²) in [6.45, 7) is 0. The fourth-order valence-electron chi connectivity index (χ4n) is 1.62. The molecule has 16 heavy (non-hydrogen) atoms. The van der Waals surface area contributed by atoms with Crippen molar-refractivity contribution in [3.8, 4) is 6.07 Å². The lowest BCUT2D eigenvalue weighted by Gasteiger charge is -2.09. The highest BCUT2D eigenvalue weighted by molar-refractivity contribution is 9.10. The van der Waals surface area contributed by atoms with E-state index in [0.717, 1.165) is 15.9 Å². The average Bonchev–Trinajstić information content (AvgIpc) is 2.67. The standard InChI is InChI=1S/C12H10BrN3/c1-16-6-5-15-12(16)11(8-14)9-3-2-4-10(13)7-9/h2-7,11H,1H3. The van der Waals surface area contributed by atoms with Crippen LogP contribution in [-0.2, 0) is 7.05 Å². The maximum atomic E-state index is 9.25. The normalized spacial score (nSPS) is 12.1. The molecule has 0 aliphatic carbocycles. The van der Waals surface area contributed by atoms with Crippen molar-refractivity contribution in [3.63, 3.8) is 0 Å². The Morgan fingerprint density at radius 1 is 1.50 bits per heavy atom. The molecule has 0 amide bonds. The van der Waals surface area contributed by atoms with Crippen molar-refractivity contribution in [1.82, 2.24) is 9.55 Å². The van der Waals surface area contributed by atoms with Crippen molar-refractivity contribution in [1.29, 1.82) is 5.26 Å². The van der Waals surface area contributed by atoms with E-state index >= 15 is 0 Å². The third kappa shape index (κ3) is 2.00. The molecular weight excluding hydrogens is 266 g/mol. The number of aryl methyl sites for hydroxylation is 1. The van der Waals surface area contributed by atoms with Gasteiger partial charge in [0.25, 0.3) is 0 Å². The number of nitriles is 1. The third-order valence-electron chi connectivity index (χ3n) is 2.43. The number of halogens is 1. The van der Waals surface area contributed by atoms with Crippen LogP contribution in [0.5, 0.6) is 0 Å². The van der Waals surface area contributed by atoms with Gasteiger partial charge in [0.15, 0.2) is 0 Å². The van der Waals surface area contributed by atoms with Gasteiger partial charge >= 0.3 is 0 Å². The molecule has 1 heterocycles. The molecule has 1 unspecified atom stereocenters. The van der Waals surface area contributed by atoms with Crippen LogP contribution in [-0.4, -0.2) is 9.55 Å². The van der Waals surface area contributed by atoms with Crippen molar-refractivity contribution < 1.29 is 0 Å². The third-order valence-corrected chi connectivity index (χ3v) is 2.92. The van der Waals surface area contributed by atoms with Gasteiger partial charge in [0, 0.05) is 23.9 Å². The van der Waals surface area contributed by atoms with Crippen molar-refractivity contribution in [2.75, 3.05) is 0 Å². The summed E-state index contributed by atoms with van der Waals surface area (Å²) < 4.78 is 2.84. The summed E-state index contributed by atoms with van der Waals surface area (Å²) in [6.07, 6.45) is 3.55. The van der Waals surface area contributed by atoms with E-state index in [9.17, 15) is 5.26 Å². The van der Waals surface area contributed by atoms with Gasteiger partial charge in [-0.1, -0.05) is 28.1 Å². The van der Waals surface area contributed by atoms with Gasteiger partial charge in [0.05, 0.1) is 6.07 Å². The molecule has 0 fully saturated rings. The Morgan fingerprint density at radius 2 is 2.31 bits per heavy atom. The van der Waals surface area contributed by atoms with Crippen molar-refractivity contribution in [2.45, 2.75) is 5.92 Å². The summed E-state index contributed by atoms with van der Waals surface area (Å²) in [5.41, 5.74) is 0.950. The van der Waals surface area contributed by atoms with Gasteiger partial charge in [-0.15, -0.1) is 0 Å². The van der Waals surface area contributed by atoms with E-state index in [-0.39, 0.29) is 5.92 Å². The lowest BCUT2D eigenvalue weighted by atomic mass is 10.00. The smallest absolute Gasteiger partial charge is 0.130 e. The molecule has 1 aromatic carbocycles. The lowest BCUT2D eigenvalue weighted by molar-refractivity contribution is 0.783. The number of benzene rings is 1. The van der Waals surface area contributed by atoms with Crippen LogP contribution in [0.25, 0.3) is 0 Å². The second-order valence-corrected chi connectivity index (χ2v) is 4.43. The summed E-state index contributed by atoms with van der Waals surface area (Å²) in [4.78, 5) is 4.22. The summed E-state index contributed by atoms with van der Waals surface area (Å²) in [7, 11) is 1.89. The fraction of sp³-hybridized carbons (Fsp3) is 0.167. The molecule has 0 saturated carbocycles. The predicted molar refractivity (Wildman–Crippen MR) is 64.8 cm³/mol. The minimum atomic E-state index is -0.322. The molecule has 2 rings (SSSR count). The van der Waals surface area contributed by atoms with Crippen molar-refractivity contribution in [2.24, 2.45) is 7.05 Å². The minimum Gasteiger partial charge on any atom is -0.337 e. The molecule has 1 atom stereocenters. The number of nitrogens with zero attached hydrogens (tertiary/aromatic N) is 3. The predicted octanol–water partition coefficient (Wildman–Crippen LogP) is 2.84. The van der Waals surface area contributed by atoms with Crippen molar-refractivity contribution >= 4 is 15.9 Å². The Labute approximate surface area is 102 Å². The molecule has 0 aliphatic rings. The van der Waals surface area contributed by atoms with E-state index in [2.05, 4.69) is 27.0 Å². The van der Waals surface area contributed by atoms with Crippen molar-refractivity contribution in [3.05, 3.63) is 52.5 Å². The molecule has 0 N–H and O–H groups in total. The first kappa shape index (κ1) is 10.9. The first-order chi connectivity index (χ1) is 7.72. The van der Waals surface area contributed by atoms with E-state index in [4.69, 9.17) is 0 Å². The average molecular weight is 276 g/mol. The van der Waals surface area contributed by atoms with E-state index in [1.165, 1.54) is 0 Å². The largest absolute Gasteiger partial charge is 0.337 e.